The van der Waals surface area contributed by atoms with E-state index in [0.717, 1.165) is 18.4 Å². The van der Waals surface area contributed by atoms with Gasteiger partial charge in [0.1, 0.15) is 5.52 Å². The van der Waals surface area contributed by atoms with Crippen molar-refractivity contribution in [3.05, 3.63) is 35.2 Å². The van der Waals surface area contributed by atoms with Gasteiger partial charge in [-0.15, -0.1) is 0 Å². The molecule has 21 heavy (non-hydrogen) atoms. The van der Waals surface area contributed by atoms with Crippen molar-refractivity contribution in [3.63, 3.8) is 0 Å². The maximum atomic E-state index is 13.9. The molecule has 2 aromatic rings. The summed E-state index contributed by atoms with van der Waals surface area (Å²) in [6.07, 6.45) is 1.94. The van der Waals surface area contributed by atoms with E-state index < -0.39 is 11.7 Å². The Hall–Kier alpha value is -2.37. The van der Waals surface area contributed by atoms with Crippen molar-refractivity contribution in [2.75, 3.05) is 5.73 Å². The van der Waals surface area contributed by atoms with E-state index in [1.165, 1.54) is 0 Å². The number of rotatable bonds is 4. The van der Waals surface area contributed by atoms with Gasteiger partial charge < -0.3 is 15.5 Å². The number of halogens is 1. The van der Waals surface area contributed by atoms with Crippen molar-refractivity contribution >= 4 is 23.0 Å². The van der Waals surface area contributed by atoms with Gasteiger partial charge in [-0.3, -0.25) is 4.79 Å². The van der Waals surface area contributed by atoms with Crippen LogP contribution in [-0.2, 0) is 11.3 Å². The van der Waals surface area contributed by atoms with E-state index in [4.69, 9.17) is 10.2 Å². The first-order valence-corrected chi connectivity index (χ1v) is 6.84. The minimum absolute atomic E-state index is 0.0974. The fourth-order valence-corrected chi connectivity index (χ4v) is 2.24. The number of carbonyl (C=O) groups excluding carboxylic acids is 1. The van der Waals surface area contributed by atoms with Crippen molar-refractivity contribution in [1.29, 1.82) is 0 Å². The van der Waals surface area contributed by atoms with Crippen LogP contribution in [0.4, 0.5) is 10.4 Å². The molecule has 5 nitrogen and oxygen atoms in total. The molecule has 0 radical (unpaired) electrons. The van der Waals surface area contributed by atoms with Gasteiger partial charge >= 0.3 is 0 Å². The lowest BCUT2D eigenvalue weighted by Gasteiger charge is -2.06. The van der Waals surface area contributed by atoms with Crippen LogP contribution in [0.3, 0.4) is 0 Å². The average molecular weight is 289 g/mol. The van der Waals surface area contributed by atoms with Crippen LogP contribution in [-0.4, -0.2) is 10.9 Å². The third-order valence-corrected chi connectivity index (χ3v) is 3.66. The molecule has 1 saturated carbocycles. The summed E-state index contributed by atoms with van der Waals surface area (Å²) in [5.41, 5.74) is 8.02. The number of anilines is 1. The summed E-state index contributed by atoms with van der Waals surface area (Å²) in [7, 11) is 0. The molecule has 1 amide bonds. The minimum atomic E-state index is -0.667. The van der Waals surface area contributed by atoms with Gasteiger partial charge in [-0.1, -0.05) is 6.07 Å². The van der Waals surface area contributed by atoms with E-state index in [9.17, 15) is 9.18 Å². The Bertz CT molecular complexity index is 732. The van der Waals surface area contributed by atoms with Gasteiger partial charge in [-0.05, 0) is 49.0 Å². The van der Waals surface area contributed by atoms with E-state index in [1.807, 2.05) is 0 Å². The molecular formula is C15H16FN3O2. The van der Waals surface area contributed by atoms with Crippen LogP contribution in [0.25, 0.3) is 11.1 Å². The summed E-state index contributed by atoms with van der Waals surface area (Å²) in [5, 5.41) is 2.57. The van der Waals surface area contributed by atoms with Crippen LogP contribution in [0.5, 0.6) is 0 Å². The van der Waals surface area contributed by atoms with Gasteiger partial charge in [0.05, 0.1) is 0 Å². The summed E-state index contributed by atoms with van der Waals surface area (Å²) in [5.74, 6) is -1.09. The minimum Gasteiger partial charge on any atom is -0.424 e. The Morgan fingerprint density at radius 1 is 1.52 bits per heavy atom. The number of nitrogens with zero attached hydrogens (tertiary/aromatic N) is 1. The van der Waals surface area contributed by atoms with E-state index in [0.29, 0.717) is 16.7 Å². The zero-order chi connectivity index (χ0) is 15.0. The maximum absolute atomic E-state index is 13.9. The van der Waals surface area contributed by atoms with Crippen molar-refractivity contribution in [2.24, 2.45) is 5.92 Å². The Balaban J connectivity index is 1.68. The van der Waals surface area contributed by atoms with Crippen LogP contribution < -0.4 is 11.1 Å². The van der Waals surface area contributed by atoms with E-state index in [1.54, 1.807) is 25.1 Å². The second kappa shape index (κ2) is 5.20. The van der Waals surface area contributed by atoms with Crippen molar-refractivity contribution < 1.29 is 13.6 Å². The van der Waals surface area contributed by atoms with Crippen molar-refractivity contribution in [3.8, 4) is 0 Å². The highest BCUT2D eigenvalue weighted by molar-refractivity contribution is 5.92. The van der Waals surface area contributed by atoms with Gasteiger partial charge in [0.25, 0.3) is 11.9 Å². The quantitative estimate of drug-likeness (QED) is 0.848. The number of hydrogen-bond acceptors (Lipinski definition) is 4. The third-order valence-electron chi connectivity index (χ3n) is 3.66. The first-order chi connectivity index (χ1) is 10.0. The van der Waals surface area contributed by atoms with Crippen LogP contribution in [0, 0.1) is 5.92 Å². The summed E-state index contributed by atoms with van der Waals surface area (Å²) in [6, 6.07) is 5.36. The fourth-order valence-electron chi connectivity index (χ4n) is 2.24. The molecule has 0 bridgehead atoms. The van der Waals surface area contributed by atoms with Crippen LogP contribution in [0.2, 0.25) is 0 Å². The van der Waals surface area contributed by atoms with Crippen LogP contribution in [0.15, 0.2) is 34.0 Å². The Labute approximate surface area is 121 Å². The topological polar surface area (TPSA) is 81.2 Å². The van der Waals surface area contributed by atoms with Crippen molar-refractivity contribution in [2.45, 2.75) is 26.3 Å². The number of nitrogen functional groups attached to an aromatic ring is 1. The first-order valence-electron chi connectivity index (χ1n) is 6.84. The Morgan fingerprint density at radius 2 is 2.29 bits per heavy atom. The SMILES string of the molecule is C/C(=C(/F)C(=O)NCc1ccc2oc(N)nc2c1)C1CC1. The van der Waals surface area contributed by atoms with Gasteiger partial charge in [-0.25, -0.2) is 4.39 Å². The molecule has 1 aliphatic carbocycles. The zero-order valence-corrected chi connectivity index (χ0v) is 11.6. The summed E-state index contributed by atoms with van der Waals surface area (Å²) >= 11 is 0. The molecule has 3 rings (SSSR count). The Kier molecular flexibility index (Phi) is 3.37. The highest BCUT2D eigenvalue weighted by Crippen LogP contribution is 2.37. The number of aromatic nitrogens is 1. The molecule has 0 spiro atoms. The normalized spacial score (nSPS) is 15.9. The number of fused-ring (bicyclic) bond motifs is 1. The molecule has 0 atom stereocenters. The predicted octanol–water partition coefficient (Wildman–Crippen LogP) is 2.68. The van der Waals surface area contributed by atoms with Gasteiger partial charge in [0.2, 0.25) is 0 Å². The molecule has 1 fully saturated rings. The number of nitrogens with one attached hydrogen (secondary N) is 1. The molecule has 1 aromatic carbocycles. The maximum Gasteiger partial charge on any atom is 0.292 e. The summed E-state index contributed by atoms with van der Waals surface area (Å²) in [4.78, 5) is 15.8. The molecule has 1 aromatic heterocycles. The lowest BCUT2D eigenvalue weighted by molar-refractivity contribution is -0.119. The predicted molar refractivity (Wildman–Crippen MR) is 76.8 cm³/mol. The van der Waals surface area contributed by atoms with Gasteiger partial charge in [0, 0.05) is 6.54 Å². The largest absolute Gasteiger partial charge is 0.424 e. The monoisotopic (exact) mass is 289 g/mol. The van der Waals surface area contributed by atoms with Gasteiger partial charge in [-0.2, -0.15) is 4.98 Å². The number of benzene rings is 1. The molecule has 1 heterocycles. The molecule has 6 heteroatoms. The van der Waals surface area contributed by atoms with E-state index in [2.05, 4.69) is 10.3 Å². The number of hydrogen-bond donors (Lipinski definition) is 2. The number of allylic oxidation sites excluding steroid dienone is 1. The number of amides is 1. The lowest BCUT2D eigenvalue weighted by atomic mass is 10.1. The molecule has 0 aliphatic heterocycles. The van der Waals surface area contributed by atoms with Crippen molar-refractivity contribution in [1.82, 2.24) is 10.3 Å². The standard InChI is InChI=1S/C15H16FN3O2/c1-8(10-3-4-10)13(16)14(20)18-7-9-2-5-12-11(6-9)19-15(17)21-12/h2,5-6,10H,3-4,7H2,1H3,(H2,17,19)(H,18,20)/b13-8-. The van der Waals surface area contributed by atoms with Crippen LogP contribution in [0.1, 0.15) is 25.3 Å². The Morgan fingerprint density at radius 3 is 3.00 bits per heavy atom. The molecule has 0 saturated heterocycles. The van der Waals surface area contributed by atoms with E-state index >= 15 is 0 Å². The molecular weight excluding hydrogens is 273 g/mol. The number of carbonyl (C=O) groups is 1. The zero-order valence-electron chi connectivity index (χ0n) is 11.6. The fraction of sp³-hybridized carbons (Fsp3) is 0.333. The second-order valence-electron chi connectivity index (χ2n) is 5.31. The molecule has 110 valence electrons. The number of oxazole rings is 1. The molecule has 1 aliphatic rings. The second-order valence-corrected chi connectivity index (χ2v) is 5.31. The van der Waals surface area contributed by atoms with Crippen LogP contribution >= 0.6 is 0 Å². The number of nitrogens with two attached hydrogens (primary N) is 1. The van der Waals surface area contributed by atoms with Gasteiger partial charge in [0.15, 0.2) is 11.4 Å². The molecule has 3 N–H and O–H groups in total. The first kappa shape index (κ1) is 13.6. The third kappa shape index (κ3) is 2.89. The smallest absolute Gasteiger partial charge is 0.292 e. The van der Waals surface area contributed by atoms with E-state index in [-0.39, 0.29) is 18.5 Å². The lowest BCUT2D eigenvalue weighted by Crippen LogP contribution is -2.23. The highest BCUT2D eigenvalue weighted by Gasteiger charge is 2.27. The summed E-state index contributed by atoms with van der Waals surface area (Å²) < 4.78 is 19.0. The summed E-state index contributed by atoms with van der Waals surface area (Å²) in [6.45, 7) is 1.91. The highest BCUT2D eigenvalue weighted by atomic mass is 19.1. The average Bonchev–Trinajstić information content (AvgIpc) is 3.24. The molecule has 0 unspecified atom stereocenters.